The predicted molar refractivity (Wildman–Crippen MR) is 77.4 cm³/mol. The molecule has 0 saturated carbocycles. The summed E-state index contributed by atoms with van der Waals surface area (Å²) in [4.78, 5) is 20.0. The summed E-state index contributed by atoms with van der Waals surface area (Å²) >= 11 is 0. The maximum Gasteiger partial charge on any atom is 0.765 e. The smallest absolute Gasteiger partial charge is 0.511 e. The summed E-state index contributed by atoms with van der Waals surface area (Å²) in [5.41, 5.74) is 0. The molecule has 152 valence electrons. The molecule has 0 spiro atoms. The minimum absolute atomic E-state index is 0.742. The number of carbonyl (C=O) groups excluding carboxylic acids is 1. The van der Waals surface area contributed by atoms with Crippen molar-refractivity contribution in [2.45, 2.75) is 49.0 Å². The van der Waals surface area contributed by atoms with E-state index >= 15 is 0 Å². The van der Waals surface area contributed by atoms with E-state index in [2.05, 4.69) is 4.43 Å². The Balaban J connectivity index is 2.76. The fourth-order valence-electron chi connectivity index (χ4n) is 2.22. The predicted octanol–water partition coefficient (Wildman–Crippen LogP) is -6.12. The van der Waals surface area contributed by atoms with Crippen molar-refractivity contribution < 1.29 is 63.7 Å². The Morgan fingerprint density at radius 2 is 1.77 bits per heavy atom. The second kappa shape index (κ2) is 10.3. The van der Waals surface area contributed by atoms with E-state index in [4.69, 9.17) is 24.5 Å². The van der Waals surface area contributed by atoms with Crippen LogP contribution in [0.2, 0.25) is 0 Å². The van der Waals surface area contributed by atoms with Gasteiger partial charge in [0.2, 0.25) is 0 Å². The average molecular weight is 402 g/mol. The second-order valence-electron chi connectivity index (χ2n) is 5.52. The molecule has 0 aromatic carbocycles. The van der Waals surface area contributed by atoms with Crippen LogP contribution in [-0.2, 0) is 23.2 Å². The molecule has 1 fully saturated rings. The molecule has 0 radical (unpaired) electrons. The first-order valence-electron chi connectivity index (χ1n) is 7.45. The molecule has 26 heavy (non-hydrogen) atoms. The number of hydrogen-bond donors (Lipinski definition) is 8. The number of aliphatic hydroxyl groups excluding tert-OH is 7. The Labute approximate surface area is 148 Å². The maximum atomic E-state index is 11.1. The Kier molecular flexibility index (Phi) is 9.11. The number of ether oxygens (including phenoxy) is 2. The van der Waals surface area contributed by atoms with E-state index in [1.165, 1.54) is 0 Å². The lowest BCUT2D eigenvalue weighted by Gasteiger charge is -2.41. The van der Waals surface area contributed by atoms with Gasteiger partial charge >= 0.3 is 9.17 Å². The third-order valence-electron chi connectivity index (χ3n) is 3.70. The van der Waals surface area contributed by atoms with Gasteiger partial charge in [-0.15, -0.1) is 0 Å². The summed E-state index contributed by atoms with van der Waals surface area (Å²) < 4.78 is 25.6. The molecule has 8 atom stereocenters. The molecule has 0 aromatic heterocycles. The van der Waals surface area contributed by atoms with E-state index in [1.54, 1.807) is 0 Å². The highest BCUT2D eigenvalue weighted by atomic mass is 28.3. The largest absolute Gasteiger partial charge is 0.765 e. The molecular weight excluding hydrogens is 380 g/mol. The fourth-order valence-corrected chi connectivity index (χ4v) is 2.70. The van der Waals surface area contributed by atoms with Crippen molar-refractivity contribution in [3.8, 4) is 0 Å². The minimum Gasteiger partial charge on any atom is -0.511 e. The van der Waals surface area contributed by atoms with Crippen LogP contribution in [0.1, 0.15) is 0 Å². The van der Waals surface area contributed by atoms with Crippen LogP contribution < -0.4 is 0 Å². The quantitative estimate of drug-likeness (QED) is 0.159. The lowest BCUT2D eigenvalue weighted by Crippen LogP contribution is -2.61. The first-order valence-corrected chi connectivity index (χ1v) is 8.71. The minimum atomic E-state index is -3.60. The molecule has 1 rings (SSSR count). The van der Waals surface area contributed by atoms with Crippen molar-refractivity contribution in [1.29, 1.82) is 0 Å². The van der Waals surface area contributed by atoms with Gasteiger partial charge in [-0.1, -0.05) is 0 Å². The molecule has 0 unspecified atom stereocenters. The third kappa shape index (κ3) is 5.71. The number of rotatable bonds is 10. The normalized spacial score (nSPS) is 32.5. The summed E-state index contributed by atoms with van der Waals surface area (Å²) in [7, 11) is -3.60. The van der Waals surface area contributed by atoms with Crippen LogP contribution in [0.3, 0.4) is 0 Å². The van der Waals surface area contributed by atoms with Crippen LogP contribution in [-0.4, -0.2) is 124 Å². The van der Waals surface area contributed by atoms with Gasteiger partial charge in [0.15, 0.2) is 18.2 Å². The molecule has 1 saturated heterocycles. The highest BCUT2D eigenvalue weighted by Gasteiger charge is 2.47. The molecule has 14 heteroatoms. The number of hydrogen-bond acceptors (Lipinski definition) is 12. The van der Waals surface area contributed by atoms with Crippen molar-refractivity contribution in [3.05, 3.63) is 0 Å². The summed E-state index contributed by atoms with van der Waals surface area (Å²) in [6, 6.07) is 0. The SMILES string of the molecule is O=C(CO)[C@@H](O)[C@H](O)[C@H](O)CO[C@H]1O[C@H](CO)[C@@H](O)[C@H](O)[C@H]1O[Si](=O)O. The van der Waals surface area contributed by atoms with Crippen LogP contribution >= 0.6 is 0 Å². The Morgan fingerprint density at radius 3 is 2.27 bits per heavy atom. The molecule has 1 aliphatic heterocycles. The Morgan fingerprint density at radius 1 is 1.15 bits per heavy atom. The molecule has 13 nitrogen and oxygen atoms in total. The molecule has 0 amide bonds. The van der Waals surface area contributed by atoms with E-state index in [0.29, 0.717) is 0 Å². The van der Waals surface area contributed by atoms with Gasteiger partial charge in [-0.05, 0) is 0 Å². The van der Waals surface area contributed by atoms with Crippen molar-refractivity contribution >= 4 is 15.0 Å². The molecule has 0 aromatic rings. The van der Waals surface area contributed by atoms with Gasteiger partial charge in [0.25, 0.3) is 0 Å². The van der Waals surface area contributed by atoms with Gasteiger partial charge in [-0.3, -0.25) is 9.26 Å². The topological polar surface area (TPSA) is 224 Å². The zero-order valence-corrected chi connectivity index (χ0v) is 14.4. The van der Waals surface area contributed by atoms with Gasteiger partial charge < -0.3 is 54.4 Å². The van der Waals surface area contributed by atoms with Gasteiger partial charge in [-0.2, -0.15) is 0 Å². The van der Waals surface area contributed by atoms with E-state index in [-0.39, 0.29) is 0 Å². The standard InChI is InChI=1S/C12H22O13Si/c13-1-4(15)7(17)8(18)5(16)3-23-12-11(25-26(21)22)10(20)9(19)6(2-14)24-12/h5-14,16-21H,1-3H2/t5-,6-,7-,8-,9-,10+,11-,12+/m1/s1. The van der Waals surface area contributed by atoms with Gasteiger partial charge in [-0.25, -0.2) is 0 Å². The average Bonchev–Trinajstić information content (AvgIpc) is 2.62. The summed E-state index contributed by atoms with van der Waals surface area (Å²) in [5.74, 6) is -1.15. The van der Waals surface area contributed by atoms with Crippen molar-refractivity contribution in [2.24, 2.45) is 0 Å². The van der Waals surface area contributed by atoms with Crippen LogP contribution in [0.5, 0.6) is 0 Å². The van der Waals surface area contributed by atoms with Gasteiger partial charge in [0.1, 0.15) is 43.2 Å². The number of ketones is 1. The number of carbonyl (C=O) groups is 1. The molecular formula is C12H22O13Si. The summed E-state index contributed by atoms with van der Waals surface area (Å²) in [6.07, 6.45) is -14.1. The second-order valence-corrected chi connectivity index (χ2v) is 6.28. The Hall–Kier alpha value is -1.07. The summed E-state index contributed by atoms with van der Waals surface area (Å²) in [5, 5.41) is 66.2. The first-order chi connectivity index (χ1) is 12.1. The molecule has 8 N–H and O–H groups in total. The van der Waals surface area contributed by atoms with Gasteiger partial charge in [0, 0.05) is 0 Å². The molecule has 1 heterocycles. The molecule has 0 bridgehead atoms. The zero-order valence-electron chi connectivity index (χ0n) is 13.4. The zero-order chi connectivity index (χ0) is 20.0. The lowest BCUT2D eigenvalue weighted by molar-refractivity contribution is -0.303. The summed E-state index contributed by atoms with van der Waals surface area (Å²) in [6.45, 7) is -2.61. The van der Waals surface area contributed by atoms with E-state index in [9.17, 15) is 34.8 Å². The van der Waals surface area contributed by atoms with Crippen molar-refractivity contribution in [3.63, 3.8) is 0 Å². The van der Waals surface area contributed by atoms with E-state index in [1.807, 2.05) is 0 Å². The van der Waals surface area contributed by atoms with Gasteiger partial charge in [0.05, 0.1) is 13.2 Å². The monoisotopic (exact) mass is 402 g/mol. The highest BCUT2D eigenvalue weighted by Crippen LogP contribution is 2.24. The molecule has 0 aliphatic carbocycles. The van der Waals surface area contributed by atoms with Crippen LogP contribution in [0.4, 0.5) is 0 Å². The first kappa shape index (κ1) is 23.0. The number of aliphatic hydroxyl groups is 7. The van der Waals surface area contributed by atoms with Crippen LogP contribution in [0, 0.1) is 0 Å². The number of Topliss-reactive ketones (excluding diaryl/α,β-unsaturated/α-hetero) is 1. The van der Waals surface area contributed by atoms with E-state index in [0.717, 1.165) is 0 Å². The van der Waals surface area contributed by atoms with Crippen molar-refractivity contribution in [1.82, 2.24) is 0 Å². The Bertz CT molecular complexity index is 476. The van der Waals surface area contributed by atoms with Crippen LogP contribution in [0.15, 0.2) is 0 Å². The highest BCUT2D eigenvalue weighted by molar-refractivity contribution is 6.24. The third-order valence-corrected chi connectivity index (χ3v) is 4.17. The molecule has 1 aliphatic rings. The maximum absolute atomic E-state index is 11.1. The van der Waals surface area contributed by atoms with Crippen molar-refractivity contribution in [2.75, 3.05) is 19.8 Å². The lowest BCUT2D eigenvalue weighted by atomic mass is 9.99. The van der Waals surface area contributed by atoms with Crippen LogP contribution in [0.25, 0.3) is 0 Å². The fraction of sp³-hybridized carbons (Fsp3) is 0.917. The van der Waals surface area contributed by atoms with E-state index < -0.39 is 83.8 Å².